The zero-order valence-electron chi connectivity index (χ0n) is 9.55. The van der Waals surface area contributed by atoms with Crippen LogP contribution >= 0.6 is 0 Å². The highest BCUT2D eigenvalue weighted by molar-refractivity contribution is 5.59. The number of nitrogens with one attached hydrogen (secondary N) is 1. The topological polar surface area (TPSA) is 47.6 Å². The van der Waals surface area contributed by atoms with E-state index in [-0.39, 0.29) is 0 Å². The Balaban J connectivity index is 0.000000255. The molecule has 0 atom stereocenters. The number of ether oxygens (including phenoxy) is 2. The first-order valence-electron chi connectivity index (χ1n) is 4.84. The molecule has 0 spiro atoms. The summed E-state index contributed by atoms with van der Waals surface area (Å²) in [7, 11) is 2.51. The minimum atomic E-state index is -0.657. The van der Waals surface area contributed by atoms with Crippen LogP contribution in [0, 0.1) is 5.41 Å². The highest BCUT2D eigenvalue weighted by atomic mass is 16.7. The molecule has 4 heteroatoms. The van der Waals surface area contributed by atoms with E-state index in [1.165, 1.54) is 40.2 Å². The lowest BCUT2D eigenvalue weighted by Gasteiger charge is -2.29. The predicted octanol–water partition coefficient (Wildman–Crippen LogP) is 1.80. The van der Waals surface area contributed by atoms with Crippen molar-refractivity contribution in [2.75, 3.05) is 27.3 Å². The van der Waals surface area contributed by atoms with Crippen LogP contribution in [0.2, 0.25) is 0 Å². The second-order valence-electron chi connectivity index (χ2n) is 4.10. The largest absolute Gasteiger partial charge is 0.507 e. The summed E-state index contributed by atoms with van der Waals surface area (Å²) in [4.78, 5) is 9.74. The van der Waals surface area contributed by atoms with Crippen molar-refractivity contribution >= 4 is 6.16 Å². The van der Waals surface area contributed by atoms with Crippen molar-refractivity contribution in [3.05, 3.63) is 0 Å². The van der Waals surface area contributed by atoms with Crippen molar-refractivity contribution < 1.29 is 14.3 Å². The molecule has 0 aromatic rings. The summed E-state index contributed by atoms with van der Waals surface area (Å²) in [6, 6.07) is 0. The minimum absolute atomic E-state index is 0.568. The first kappa shape index (κ1) is 13.2. The fourth-order valence-corrected chi connectivity index (χ4v) is 1.29. The number of hydrogen-bond donors (Lipinski definition) is 1. The second-order valence-corrected chi connectivity index (χ2v) is 4.10. The third-order valence-corrected chi connectivity index (χ3v) is 2.14. The van der Waals surface area contributed by atoms with E-state index in [1.807, 2.05) is 0 Å². The third kappa shape index (κ3) is 6.71. The van der Waals surface area contributed by atoms with E-state index in [0.29, 0.717) is 5.41 Å². The van der Waals surface area contributed by atoms with Crippen LogP contribution in [0.15, 0.2) is 0 Å². The summed E-state index contributed by atoms with van der Waals surface area (Å²) in [5.74, 6) is 0. The first-order chi connectivity index (χ1) is 6.52. The molecule has 84 valence electrons. The lowest BCUT2D eigenvalue weighted by molar-refractivity contribution is 0.0924. The van der Waals surface area contributed by atoms with Crippen LogP contribution in [0.25, 0.3) is 0 Å². The van der Waals surface area contributed by atoms with Crippen LogP contribution in [-0.4, -0.2) is 33.5 Å². The number of piperidine rings is 1. The molecule has 0 unspecified atom stereocenters. The van der Waals surface area contributed by atoms with Gasteiger partial charge < -0.3 is 14.8 Å². The van der Waals surface area contributed by atoms with Crippen molar-refractivity contribution in [3.8, 4) is 0 Å². The highest BCUT2D eigenvalue weighted by Gasteiger charge is 2.19. The number of carbonyl (C=O) groups is 1. The molecule has 0 aliphatic carbocycles. The molecule has 1 aliphatic rings. The zero-order valence-corrected chi connectivity index (χ0v) is 9.55. The number of rotatable bonds is 0. The SMILES string of the molecule is CC1(C)CCCNC1.COC(=O)OC. The molecule has 1 rings (SSSR count). The summed E-state index contributed by atoms with van der Waals surface area (Å²) >= 11 is 0. The first-order valence-corrected chi connectivity index (χ1v) is 4.84. The maximum atomic E-state index is 9.74. The van der Waals surface area contributed by atoms with E-state index in [9.17, 15) is 4.79 Å². The molecule has 4 nitrogen and oxygen atoms in total. The van der Waals surface area contributed by atoms with Gasteiger partial charge >= 0.3 is 6.16 Å². The molecule has 1 N–H and O–H groups in total. The Morgan fingerprint density at radius 1 is 1.29 bits per heavy atom. The second kappa shape index (κ2) is 6.65. The lowest BCUT2D eigenvalue weighted by Crippen LogP contribution is -2.35. The highest BCUT2D eigenvalue weighted by Crippen LogP contribution is 2.23. The van der Waals surface area contributed by atoms with Gasteiger partial charge in [-0.3, -0.25) is 0 Å². The summed E-state index contributed by atoms with van der Waals surface area (Å²) < 4.78 is 8.08. The van der Waals surface area contributed by atoms with Gasteiger partial charge in [-0.15, -0.1) is 0 Å². The molecular weight excluding hydrogens is 182 g/mol. The van der Waals surface area contributed by atoms with Crippen LogP contribution in [-0.2, 0) is 9.47 Å². The molecule has 0 aromatic carbocycles. The van der Waals surface area contributed by atoms with Crippen molar-refractivity contribution in [2.24, 2.45) is 5.41 Å². The molecule has 0 bridgehead atoms. The van der Waals surface area contributed by atoms with E-state index in [2.05, 4.69) is 28.6 Å². The van der Waals surface area contributed by atoms with E-state index in [1.54, 1.807) is 0 Å². The lowest BCUT2D eigenvalue weighted by atomic mass is 9.85. The molecule has 1 fully saturated rings. The quantitative estimate of drug-likeness (QED) is 0.610. The van der Waals surface area contributed by atoms with E-state index in [0.717, 1.165) is 0 Å². The Morgan fingerprint density at radius 3 is 2.00 bits per heavy atom. The number of carbonyl (C=O) groups excluding carboxylic acids is 1. The number of methoxy groups -OCH3 is 2. The third-order valence-electron chi connectivity index (χ3n) is 2.14. The van der Waals surface area contributed by atoms with Gasteiger partial charge in [0.1, 0.15) is 0 Å². The summed E-state index contributed by atoms with van der Waals surface area (Å²) in [5.41, 5.74) is 0.568. The Bertz CT molecular complexity index is 155. The molecular formula is C10H21NO3. The predicted molar refractivity (Wildman–Crippen MR) is 55.3 cm³/mol. The average Bonchev–Trinajstić information content (AvgIpc) is 2.17. The van der Waals surface area contributed by atoms with E-state index >= 15 is 0 Å². The van der Waals surface area contributed by atoms with Gasteiger partial charge in [0.15, 0.2) is 0 Å². The maximum Gasteiger partial charge on any atom is 0.507 e. The standard InChI is InChI=1S/C7H15N.C3H6O3/c1-7(2)4-3-5-8-6-7;1-5-3(4)6-2/h8H,3-6H2,1-2H3;1-2H3. The van der Waals surface area contributed by atoms with Crippen LogP contribution in [0.5, 0.6) is 0 Å². The van der Waals surface area contributed by atoms with Crippen molar-refractivity contribution in [1.29, 1.82) is 0 Å². The van der Waals surface area contributed by atoms with E-state index < -0.39 is 6.16 Å². The molecule has 0 radical (unpaired) electrons. The molecule has 0 saturated carbocycles. The summed E-state index contributed by atoms with van der Waals surface area (Å²) in [6.45, 7) is 7.06. The average molecular weight is 203 g/mol. The van der Waals surface area contributed by atoms with Gasteiger partial charge in [-0.05, 0) is 24.8 Å². The summed E-state index contributed by atoms with van der Waals surface area (Å²) in [6.07, 6.45) is 2.09. The smallest absolute Gasteiger partial charge is 0.438 e. The Labute approximate surface area is 86.0 Å². The molecule has 1 saturated heterocycles. The van der Waals surface area contributed by atoms with Gasteiger partial charge in [-0.25, -0.2) is 4.79 Å². The van der Waals surface area contributed by atoms with Crippen molar-refractivity contribution in [1.82, 2.24) is 5.32 Å². The van der Waals surface area contributed by atoms with E-state index in [4.69, 9.17) is 0 Å². The minimum Gasteiger partial charge on any atom is -0.438 e. The maximum absolute atomic E-state index is 9.74. The fraction of sp³-hybridized carbons (Fsp3) is 0.900. The molecule has 1 aliphatic heterocycles. The normalized spacial score (nSPS) is 18.9. The van der Waals surface area contributed by atoms with Crippen LogP contribution < -0.4 is 5.32 Å². The van der Waals surface area contributed by atoms with Crippen LogP contribution in [0.1, 0.15) is 26.7 Å². The van der Waals surface area contributed by atoms with Crippen LogP contribution in [0.4, 0.5) is 4.79 Å². The van der Waals surface area contributed by atoms with Crippen LogP contribution in [0.3, 0.4) is 0 Å². The van der Waals surface area contributed by atoms with Gasteiger partial charge in [-0.2, -0.15) is 0 Å². The van der Waals surface area contributed by atoms with Gasteiger partial charge in [-0.1, -0.05) is 13.8 Å². The molecule has 0 aromatic heterocycles. The van der Waals surface area contributed by atoms with Gasteiger partial charge in [0, 0.05) is 6.54 Å². The zero-order chi connectivity index (χ0) is 11.0. The van der Waals surface area contributed by atoms with Gasteiger partial charge in [0.2, 0.25) is 0 Å². The van der Waals surface area contributed by atoms with Gasteiger partial charge in [0.05, 0.1) is 14.2 Å². The van der Waals surface area contributed by atoms with Gasteiger partial charge in [0.25, 0.3) is 0 Å². The fourth-order valence-electron chi connectivity index (χ4n) is 1.29. The number of hydrogen-bond acceptors (Lipinski definition) is 4. The monoisotopic (exact) mass is 203 g/mol. The Morgan fingerprint density at radius 2 is 1.86 bits per heavy atom. The summed E-state index contributed by atoms with van der Waals surface area (Å²) in [5, 5.41) is 3.38. The van der Waals surface area contributed by atoms with Crippen molar-refractivity contribution in [3.63, 3.8) is 0 Å². The Kier molecular flexibility index (Phi) is 6.28. The molecule has 0 amide bonds. The van der Waals surface area contributed by atoms with Crippen molar-refractivity contribution in [2.45, 2.75) is 26.7 Å². The Hall–Kier alpha value is -0.770. The molecule has 14 heavy (non-hydrogen) atoms. The molecule has 1 heterocycles.